The van der Waals surface area contributed by atoms with E-state index < -0.39 is 17.6 Å². The third-order valence-electron chi connectivity index (χ3n) is 7.38. The molecule has 0 radical (unpaired) electrons. The van der Waals surface area contributed by atoms with Gasteiger partial charge in [-0.2, -0.15) is 0 Å². The maximum Gasteiger partial charge on any atom is 0.258 e. The number of thiophene rings is 1. The number of nitrogens with zero attached hydrogens (tertiary/aromatic N) is 3. The zero-order chi connectivity index (χ0) is 24.7. The molecule has 2 atom stereocenters. The zero-order valence-electron chi connectivity index (χ0n) is 20.1. The smallest absolute Gasteiger partial charge is 0.258 e. The van der Waals surface area contributed by atoms with Crippen LogP contribution in [0.1, 0.15) is 60.3 Å². The number of rotatable bonds is 6. The van der Waals surface area contributed by atoms with Crippen LogP contribution >= 0.6 is 11.3 Å². The monoisotopic (exact) mass is 494 g/mol. The fourth-order valence-electron chi connectivity index (χ4n) is 5.53. The van der Waals surface area contributed by atoms with Gasteiger partial charge in [0.05, 0.1) is 11.3 Å². The molecular weight excluding hydrogens is 464 g/mol. The van der Waals surface area contributed by atoms with Gasteiger partial charge in [-0.25, -0.2) is 0 Å². The van der Waals surface area contributed by atoms with E-state index in [2.05, 4.69) is 16.8 Å². The van der Waals surface area contributed by atoms with Crippen LogP contribution in [-0.2, 0) is 27.3 Å². The largest absolute Gasteiger partial charge is 0.343 e. The lowest BCUT2D eigenvalue weighted by Crippen LogP contribution is -2.64. The first-order valence-corrected chi connectivity index (χ1v) is 13.1. The Morgan fingerprint density at radius 2 is 1.97 bits per heavy atom. The molecule has 3 aliphatic heterocycles. The number of carbonyl (C=O) groups excluding carboxylic acids is 4. The van der Waals surface area contributed by atoms with Crippen molar-refractivity contribution in [1.82, 2.24) is 15.1 Å². The molecule has 2 unspecified atom stereocenters. The van der Waals surface area contributed by atoms with Crippen molar-refractivity contribution < 1.29 is 19.2 Å². The van der Waals surface area contributed by atoms with Crippen LogP contribution in [0.4, 0.5) is 5.69 Å². The number of hydrogen-bond donors (Lipinski definition) is 1. The van der Waals surface area contributed by atoms with E-state index in [4.69, 9.17) is 0 Å². The van der Waals surface area contributed by atoms with E-state index in [1.807, 2.05) is 18.7 Å². The van der Waals surface area contributed by atoms with E-state index in [9.17, 15) is 19.2 Å². The van der Waals surface area contributed by atoms with Gasteiger partial charge in [0.2, 0.25) is 17.7 Å². The lowest BCUT2D eigenvalue weighted by atomic mass is 9.98. The number of carbonyl (C=O) groups is 4. The maximum atomic E-state index is 13.4. The number of amides is 4. The van der Waals surface area contributed by atoms with Gasteiger partial charge in [0.25, 0.3) is 5.91 Å². The summed E-state index contributed by atoms with van der Waals surface area (Å²) >= 11 is 1.72. The second kappa shape index (κ2) is 9.11. The van der Waals surface area contributed by atoms with Gasteiger partial charge in [-0.3, -0.25) is 24.1 Å². The number of benzene rings is 1. The van der Waals surface area contributed by atoms with Crippen LogP contribution in [0.25, 0.3) is 0 Å². The van der Waals surface area contributed by atoms with E-state index in [1.165, 1.54) is 15.3 Å². The van der Waals surface area contributed by atoms with Crippen molar-refractivity contribution in [3.8, 4) is 0 Å². The molecule has 1 saturated heterocycles. The highest BCUT2D eigenvalue weighted by Gasteiger charge is 2.53. The average Bonchev–Trinajstić information content (AvgIpc) is 3.45. The lowest BCUT2D eigenvalue weighted by Gasteiger charge is -2.48. The van der Waals surface area contributed by atoms with Crippen molar-refractivity contribution in [3.63, 3.8) is 0 Å². The minimum absolute atomic E-state index is 0.0604. The van der Waals surface area contributed by atoms with Gasteiger partial charge in [-0.1, -0.05) is 25.5 Å². The van der Waals surface area contributed by atoms with Gasteiger partial charge in [0.1, 0.15) is 18.2 Å². The number of fused-ring (bicyclic) bond motifs is 4. The number of nitrogens with one attached hydrogen (secondary N) is 1. The van der Waals surface area contributed by atoms with E-state index in [0.717, 1.165) is 12.8 Å². The molecule has 0 aliphatic carbocycles. The Hall–Kier alpha value is -3.20. The normalized spacial score (nSPS) is 21.9. The fourth-order valence-corrected chi connectivity index (χ4v) is 6.42. The number of hydrogen-bond acceptors (Lipinski definition) is 5. The molecular formula is C26H30N4O4S. The molecule has 1 fully saturated rings. The van der Waals surface area contributed by atoms with Gasteiger partial charge in [-0.15, -0.1) is 11.3 Å². The Balaban J connectivity index is 1.33. The predicted molar refractivity (Wildman–Crippen MR) is 133 cm³/mol. The van der Waals surface area contributed by atoms with Gasteiger partial charge in [0, 0.05) is 24.4 Å². The molecule has 1 N–H and O–H groups in total. The Morgan fingerprint density at radius 3 is 2.77 bits per heavy atom. The summed E-state index contributed by atoms with van der Waals surface area (Å²) in [4.78, 5) is 59.0. The fraction of sp³-hybridized carbons (Fsp3) is 0.462. The first kappa shape index (κ1) is 23.5. The molecule has 8 nitrogen and oxygen atoms in total. The zero-order valence-corrected chi connectivity index (χ0v) is 20.9. The summed E-state index contributed by atoms with van der Waals surface area (Å²) in [6.45, 7) is 4.80. The topological polar surface area (TPSA) is 90.0 Å². The summed E-state index contributed by atoms with van der Waals surface area (Å²) in [6, 6.07) is 8.44. The van der Waals surface area contributed by atoms with Crippen LogP contribution in [0.15, 0.2) is 35.7 Å². The third kappa shape index (κ3) is 4.01. The lowest BCUT2D eigenvalue weighted by molar-refractivity contribution is -0.137. The molecule has 3 aliphatic rings. The Morgan fingerprint density at radius 1 is 1.17 bits per heavy atom. The molecule has 5 rings (SSSR count). The molecule has 0 spiro atoms. The summed E-state index contributed by atoms with van der Waals surface area (Å²) in [5, 5.41) is 4.96. The van der Waals surface area contributed by atoms with Crippen LogP contribution in [-0.4, -0.2) is 58.2 Å². The summed E-state index contributed by atoms with van der Waals surface area (Å²) in [5.41, 5.74) is 1.27. The van der Waals surface area contributed by atoms with Crippen molar-refractivity contribution >= 4 is 40.7 Å². The molecule has 4 amide bonds. The Labute approximate surface area is 208 Å². The van der Waals surface area contributed by atoms with Crippen molar-refractivity contribution in [2.75, 3.05) is 18.0 Å². The van der Waals surface area contributed by atoms with Crippen molar-refractivity contribution in [2.45, 2.75) is 64.2 Å². The average molecular weight is 495 g/mol. The van der Waals surface area contributed by atoms with Gasteiger partial charge in [-0.05, 0) is 55.3 Å². The predicted octanol–water partition coefficient (Wildman–Crippen LogP) is 2.92. The van der Waals surface area contributed by atoms with Crippen molar-refractivity contribution in [2.24, 2.45) is 0 Å². The van der Waals surface area contributed by atoms with E-state index >= 15 is 0 Å². The van der Waals surface area contributed by atoms with E-state index in [-0.39, 0.29) is 24.3 Å². The van der Waals surface area contributed by atoms with Crippen LogP contribution < -0.4 is 10.2 Å². The summed E-state index contributed by atoms with van der Waals surface area (Å²) in [5.74, 6) is -0.812. The van der Waals surface area contributed by atoms with Crippen LogP contribution in [0.5, 0.6) is 0 Å². The Kier molecular flexibility index (Phi) is 6.13. The SMILES string of the molecule is CCCC(NC(=O)CN1C(=O)c2ccccc2N2C(=O)CCC12C)C(=O)N1CCc2sccc2C1. The summed E-state index contributed by atoms with van der Waals surface area (Å²) < 4.78 is 0. The molecule has 184 valence electrons. The van der Waals surface area contributed by atoms with Crippen molar-refractivity contribution in [1.29, 1.82) is 0 Å². The minimum Gasteiger partial charge on any atom is -0.343 e. The Bertz CT molecular complexity index is 1190. The molecule has 35 heavy (non-hydrogen) atoms. The number of anilines is 1. The summed E-state index contributed by atoms with van der Waals surface area (Å²) in [6.07, 6.45) is 2.86. The second-order valence-electron chi connectivity index (χ2n) is 9.64. The van der Waals surface area contributed by atoms with Crippen LogP contribution in [0.3, 0.4) is 0 Å². The van der Waals surface area contributed by atoms with Crippen LogP contribution in [0, 0.1) is 0 Å². The highest BCUT2D eigenvalue weighted by atomic mass is 32.1. The second-order valence-corrected chi connectivity index (χ2v) is 10.6. The van der Waals surface area contributed by atoms with Crippen LogP contribution in [0.2, 0.25) is 0 Å². The first-order valence-electron chi connectivity index (χ1n) is 12.2. The van der Waals surface area contributed by atoms with Crippen molar-refractivity contribution in [3.05, 3.63) is 51.7 Å². The minimum atomic E-state index is -0.910. The molecule has 1 aromatic carbocycles. The molecule has 0 bridgehead atoms. The molecule has 1 aromatic heterocycles. The summed E-state index contributed by atoms with van der Waals surface area (Å²) in [7, 11) is 0. The maximum absolute atomic E-state index is 13.4. The van der Waals surface area contributed by atoms with Gasteiger partial charge in [0.15, 0.2) is 0 Å². The standard InChI is InChI=1S/C26H30N4O4S/c1-3-6-19(25(34)28-13-10-21-17(15-28)11-14-35-21)27-22(31)16-29-24(33)18-7-4-5-8-20(18)30-23(32)9-12-26(29,30)2/h4-5,7-8,11,14,19H,3,6,9-10,12-13,15-16H2,1-2H3,(H,27,31). The van der Waals surface area contributed by atoms with Gasteiger partial charge >= 0.3 is 0 Å². The van der Waals surface area contributed by atoms with E-state index in [1.54, 1.807) is 40.5 Å². The van der Waals surface area contributed by atoms with Gasteiger partial charge < -0.3 is 15.1 Å². The first-order chi connectivity index (χ1) is 16.8. The third-order valence-corrected chi connectivity index (χ3v) is 8.40. The van der Waals surface area contributed by atoms with E-state index in [0.29, 0.717) is 43.6 Å². The molecule has 4 heterocycles. The highest BCUT2D eigenvalue weighted by Crippen LogP contribution is 2.43. The quantitative estimate of drug-likeness (QED) is 0.669. The molecule has 2 aromatic rings. The molecule has 9 heteroatoms. The highest BCUT2D eigenvalue weighted by molar-refractivity contribution is 7.10. The number of para-hydroxylation sites is 1. The molecule has 0 saturated carbocycles.